The molecule has 2 N–H and O–H groups in total. The molecular weight excluding hydrogens is 218 g/mol. The average Bonchev–Trinajstić information content (AvgIpc) is 2.26. The van der Waals surface area contributed by atoms with Crippen molar-refractivity contribution in [3.63, 3.8) is 0 Å². The van der Waals surface area contributed by atoms with Gasteiger partial charge in [0.1, 0.15) is 0 Å². The van der Waals surface area contributed by atoms with E-state index in [9.17, 15) is 9.90 Å². The highest BCUT2D eigenvalue weighted by atomic mass is 35.5. The molecule has 5 heteroatoms. The third-order valence-electron chi connectivity index (χ3n) is 1.84. The fourth-order valence-electron chi connectivity index (χ4n) is 1.13. The van der Waals surface area contributed by atoms with Crippen molar-refractivity contribution in [2.45, 2.75) is 0 Å². The highest BCUT2D eigenvalue weighted by Gasteiger charge is 2.13. The number of hydrogen-bond donors (Lipinski definition) is 2. The molecule has 0 aliphatic heterocycles. The molecular formula is C10H12ClNO3. The Bertz CT molecular complexity index is 355. The summed E-state index contributed by atoms with van der Waals surface area (Å²) in [5.74, 6) is 0.0730. The largest absolute Gasteiger partial charge is 0.504 e. The Labute approximate surface area is 92.8 Å². The van der Waals surface area contributed by atoms with E-state index in [-0.39, 0.29) is 23.0 Å². The van der Waals surface area contributed by atoms with Gasteiger partial charge in [0.05, 0.1) is 12.7 Å². The Morgan fingerprint density at radius 2 is 2.33 bits per heavy atom. The summed E-state index contributed by atoms with van der Waals surface area (Å²) in [5.41, 5.74) is 0.180. The summed E-state index contributed by atoms with van der Waals surface area (Å²) < 4.78 is 4.88. The van der Waals surface area contributed by atoms with Crippen LogP contribution in [0.25, 0.3) is 0 Å². The van der Waals surface area contributed by atoms with E-state index in [0.717, 1.165) is 0 Å². The predicted molar refractivity (Wildman–Crippen MR) is 57.7 cm³/mol. The maximum Gasteiger partial charge on any atom is 0.255 e. The lowest BCUT2D eigenvalue weighted by molar-refractivity contribution is 0.0953. The van der Waals surface area contributed by atoms with Gasteiger partial charge in [-0.05, 0) is 12.1 Å². The number of phenols is 1. The quantitative estimate of drug-likeness (QED) is 0.767. The van der Waals surface area contributed by atoms with Crippen LogP contribution >= 0.6 is 11.6 Å². The van der Waals surface area contributed by atoms with Crippen LogP contribution in [-0.4, -0.2) is 30.5 Å². The fraction of sp³-hybridized carbons (Fsp3) is 0.300. The van der Waals surface area contributed by atoms with Crippen molar-refractivity contribution in [1.29, 1.82) is 0 Å². The molecule has 1 aromatic rings. The van der Waals surface area contributed by atoms with Gasteiger partial charge >= 0.3 is 0 Å². The van der Waals surface area contributed by atoms with E-state index in [2.05, 4.69) is 5.32 Å². The summed E-state index contributed by atoms with van der Waals surface area (Å²) in [5, 5.41) is 12.2. The van der Waals surface area contributed by atoms with E-state index < -0.39 is 0 Å². The first-order valence-electron chi connectivity index (χ1n) is 4.40. The van der Waals surface area contributed by atoms with Gasteiger partial charge in [0, 0.05) is 12.4 Å². The van der Waals surface area contributed by atoms with E-state index in [1.54, 1.807) is 12.1 Å². The van der Waals surface area contributed by atoms with Crippen molar-refractivity contribution < 1.29 is 14.6 Å². The van der Waals surface area contributed by atoms with Crippen LogP contribution in [0.1, 0.15) is 10.4 Å². The zero-order valence-electron chi connectivity index (χ0n) is 8.29. The van der Waals surface area contributed by atoms with Crippen LogP contribution in [0.4, 0.5) is 0 Å². The Morgan fingerprint density at radius 1 is 1.60 bits per heavy atom. The molecule has 0 aliphatic rings. The molecule has 1 rings (SSSR count). The number of para-hydroxylation sites is 1. The van der Waals surface area contributed by atoms with Gasteiger partial charge in [0.2, 0.25) is 0 Å². The van der Waals surface area contributed by atoms with Gasteiger partial charge in [0.25, 0.3) is 5.91 Å². The number of amides is 1. The number of phenolic OH excluding ortho intramolecular Hbond substituents is 1. The van der Waals surface area contributed by atoms with Crippen LogP contribution in [0.15, 0.2) is 18.2 Å². The maximum absolute atomic E-state index is 11.5. The topological polar surface area (TPSA) is 58.6 Å². The van der Waals surface area contributed by atoms with Gasteiger partial charge in [-0.2, -0.15) is 0 Å². The van der Waals surface area contributed by atoms with Gasteiger partial charge in [-0.1, -0.05) is 6.07 Å². The molecule has 0 aromatic heterocycles. The van der Waals surface area contributed by atoms with Gasteiger partial charge < -0.3 is 15.2 Å². The molecule has 0 saturated carbocycles. The summed E-state index contributed by atoms with van der Waals surface area (Å²) >= 11 is 5.43. The zero-order valence-corrected chi connectivity index (χ0v) is 9.04. The van der Waals surface area contributed by atoms with Crippen LogP contribution in [0.2, 0.25) is 0 Å². The van der Waals surface area contributed by atoms with Crippen molar-refractivity contribution in [3.8, 4) is 11.5 Å². The first-order chi connectivity index (χ1) is 7.20. The molecule has 82 valence electrons. The smallest absolute Gasteiger partial charge is 0.255 e. The highest BCUT2D eigenvalue weighted by Crippen LogP contribution is 2.28. The van der Waals surface area contributed by atoms with Crippen molar-refractivity contribution >= 4 is 17.5 Å². The first kappa shape index (κ1) is 11.7. The number of carbonyl (C=O) groups is 1. The number of halogens is 1. The van der Waals surface area contributed by atoms with Crippen molar-refractivity contribution in [2.24, 2.45) is 0 Å². The van der Waals surface area contributed by atoms with E-state index in [0.29, 0.717) is 12.4 Å². The number of alkyl halides is 1. The van der Waals surface area contributed by atoms with Crippen LogP contribution in [-0.2, 0) is 0 Å². The minimum atomic E-state index is -0.368. The normalized spacial score (nSPS) is 9.73. The van der Waals surface area contributed by atoms with Gasteiger partial charge in [-0.3, -0.25) is 4.79 Å². The number of methoxy groups -OCH3 is 1. The molecule has 15 heavy (non-hydrogen) atoms. The molecule has 0 radical (unpaired) electrons. The van der Waals surface area contributed by atoms with Gasteiger partial charge in [0.15, 0.2) is 11.5 Å². The second kappa shape index (κ2) is 5.46. The summed E-state index contributed by atoms with van der Waals surface area (Å²) in [6.07, 6.45) is 0. The van der Waals surface area contributed by atoms with E-state index in [1.165, 1.54) is 13.2 Å². The van der Waals surface area contributed by atoms with E-state index >= 15 is 0 Å². The van der Waals surface area contributed by atoms with E-state index in [1.807, 2.05) is 0 Å². The molecule has 1 amide bonds. The van der Waals surface area contributed by atoms with Crippen molar-refractivity contribution in [1.82, 2.24) is 5.32 Å². The number of ether oxygens (including phenoxy) is 1. The van der Waals surface area contributed by atoms with Crippen LogP contribution in [0, 0.1) is 0 Å². The molecule has 0 fully saturated rings. The fourth-order valence-corrected chi connectivity index (χ4v) is 1.22. The van der Waals surface area contributed by atoms with Crippen LogP contribution in [0.5, 0.6) is 11.5 Å². The summed E-state index contributed by atoms with van der Waals surface area (Å²) in [6.45, 7) is 0.358. The third kappa shape index (κ3) is 2.76. The molecule has 0 unspecified atom stereocenters. The molecule has 0 aliphatic carbocycles. The number of hydrogen-bond acceptors (Lipinski definition) is 3. The molecule has 0 spiro atoms. The predicted octanol–water partition coefficient (Wildman–Crippen LogP) is 1.37. The van der Waals surface area contributed by atoms with Gasteiger partial charge in [-0.15, -0.1) is 11.6 Å². The second-order valence-electron chi connectivity index (χ2n) is 2.80. The van der Waals surface area contributed by atoms with Crippen molar-refractivity contribution in [2.75, 3.05) is 19.5 Å². The molecule has 0 bridgehead atoms. The Kier molecular flexibility index (Phi) is 4.24. The maximum atomic E-state index is 11.5. The van der Waals surface area contributed by atoms with Crippen LogP contribution in [0.3, 0.4) is 0 Å². The Hall–Kier alpha value is -1.42. The second-order valence-corrected chi connectivity index (χ2v) is 3.18. The zero-order chi connectivity index (χ0) is 11.3. The standard InChI is InChI=1S/C10H12ClNO3/c1-15-8-4-2-3-7(9(8)13)10(14)12-6-5-11/h2-4,13H,5-6H2,1H3,(H,12,14). The van der Waals surface area contributed by atoms with E-state index in [4.69, 9.17) is 16.3 Å². The molecule has 0 heterocycles. The SMILES string of the molecule is COc1cccc(C(=O)NCCCl)c1O. The minimum Gasteiger partial charge on any atom is -0.504 e. The molecule has 0 saturated heterocycles. The first-order valence-corrected chi connectivity index (χ1v) is 4.94. The number of nitrogens with one attached hydrogen (secondary N) is 1. The lowest BCUT2D eigenvalue weighted by atomic mass is 10.1. The Morgan fingerprint density at radius 3 is 2.93 bits per heavy atom. The number of aromatic hydroxyl groups is 1. The highest BCUT2D eigenvalue weighted by molar-refractivity contribution is 6.18. The lowest BCUT2D eigenvalue weighted by Gasteiger charge is -2.08. The monoisotopic (exact) mass is 229 g/mol. The number of rotatable bonds is 4. The summed E-state index contributed by atoms with van der Waals surface area (Å²) in [7, 11) is 1.43. The van der Waals surface area contributed by atoms with Crippen molar-refractivity contribution in [3.05, 3.63) is 23.8 Å². The average molecular weight is 230 g/mol. The molecule has 0 atom stereocenters. The lowest BCUT2D eigenvalue weighted by Crippen LogP contribution is -2.25. The molecule has 1 aromatic carbocycles. The minimum absolute atomic E-state index is 0.160. The van der Waals surface area contributed by atoms with Gasteiger partial charge in [-0.25, -0.2) is 0 Å². The van der Waals surface area contributed by atoms with Crippen LogP contribution < -0.4 is 10.1 Å². The molecule has 4 nitrogen and oxygen atoms in total. The third-order valence-corrected chi connectivity index (χ3v) is 2.03. The summed E-state index contributed by atoms with van der Waals surface area (Å²) in [4.78, 5) is 11.5. The number of benzene rings is 1. The Balaban J connectivity index is 2.89. The number of carbonyl (C=O) groups excluding carboxylic acids is 1. The summed E-state index contributed by atoms with van der Waals surface area (Å²) in [6, 6.07) is 4.73.